The van der Waals surface area contributed by atoms with Crippen molar-refractivity contribution in [2.24, 2.45) is 4.99 Å². The van der Waals surface area contributed by atoms with Gasteiger partial charge in [-0.2, -0.15) is 0 Å². The molecule has 1 saturated heterocycles. The van der Waals surface area contributed by atoms with Crippen LogP contribution >= 0.6 is 24.0 Å². The maximum absolute atomic E-state index is 5.96. The number of nitrogens with one attached hydrogen (secondary N) is 2. The van der Waals surface area contributed by atoms with Crippen molar-refractivity contribution in [2.45, 2.75) is 52.2 Å². The van der Waals surface area contributed by atoms with Crippen molar-refractivity contribution in [1.82, 2.24) is 10.6 Å². The summed E-state index contributed by atoms with van der Waals surface area (Å²) in [5, 5.41) is 6.68. The summed E-state index contributed by atoms with van der Waals surface area (Å²) in [7, 11) is 1.71. The summed E-state index contributed by atoms with van der Waals surface area (Å²) in [5.41, 5.74) is 2.26. The molecule has 0 aromatic heterocycles. The van der Waals surface area contributed by atoms with Crippen LogP contribution in [0.3, 0.4) is 0 Å². The van der Waals surface area contributed by atoms with Crippen LogP contribution in [0.2, 0.25) is 0 Å². The van der Waals surface area contributed by atoms with Crippen molar-refractivity contribution in [2.75, 3.05) is 53.2 Å². The van der Waals surface area contributed by atoms with E-state index in [1.807, 2.05) is 0 Å². The second-order valence-electron chi connectivity index (χ2n) is 7.49. The number of halogens is 1. The molecule has 31 heavy (non-hydrogen) atoms. The quantitative estimate of drug-likeness (QED) is 0.160. The molecule has 1 aliphatic rings. The van der Waals surface area contributed by atoms with Crippen molar-refractivity contribution in [3.63, 3.8) is 0 Å². The maximum atomic E-state index is 5.96. The molecule has 1 aliphatic heterocycles. The molecule has 1 aromatic rings. The summed E-state index contributed by atoms with van der Waals surface area (Å²) in [6.45, 7) is 9.96. The largest absolute Gasteiger partial charge is 0.493 e. The van der Waals surface area contributed by atoms with Crippen LogP contribution in [0, 0.1) is 6.92 Å². The molecule has 2 N–H and O–H groups in total. The predicted octanol–water partition coefficient (Wildman–Crippen LogP) is 3.67. The molecular formula is C23H40IN3O4. The number of hydrogen-bond donors (Lipinski definition) is 2. The first kappa shape index (κ1) is 27.9. The van der Waals surface area contributed by atoms with Gasteiger partial charge in [0, 0.05) is 52.0 Å². The monoisotopic (exact) mass is 549 g/mol. The first-order valence-corrected chi connectivity index (χ1v) is 11.2. The van der Waals surface area contributed by atoms with Crippen LogP contribution in [0.25, 0.3) is 0 Å². The SMILES string of the molecule is CCNC(=NCc1ccc(C)cc1OCCCOC)NCCCOCC1CCCO1.I. The smallest absolute Gasteiger partial charge is 0.191 e. The Kier molecular flexibility index (Phi) is 15.7. The lowest BCUT2D eigenvalue weighted by atomic mass is 10.1. The standard InChI is InChI=1S/C23H39N3O4.HI/c1-4-24-23(25-11-6-13-28-18-21-8-5-14-29-21)26-17-20-10-9-19(2)16-22(20)30-15-7-12-27-3;/h9-10,16,21H,4-8,11-15,17-18H2,1-3H3,(H2,24,25,26);1H. The lowest BCUT2D eigenvalue weighted by Gasteiger charge is -2.14. The van der Waals surface area contributed by atoms with Crippen LogP contribution in [-0.2, 0) is 20.8 Å². The molecule has 1 unspecified atom stereocenters. The molecule has 0 radical (unpaired) electrons. The summed E-state index contributed by atoms with van der Waals surface area (Å²) in [6.07, 6.45) is 4.35. The van der Waals surface area contributed by atoms with Crippen LogP contribution in [0.15, 0.2) is 23.2 Å². The fraction of sp³-hybridized carbons (Fsp3) is 0.696. The molecule has 0 amide bonds. The third kappa shape index (κ3) is 11.9. The van der Waals surface area contributed by atoms with Gasteiger partial charge < -0.3 is 29.6 Å². The summed E-state index contributed by atoms with van der Waals surface area (Å²) in [6, 6.07) is 6.26. The topological polar surface area (TPSA) is 73.3 Å². The van der Waals surface area contributed by atoms with E-state index in [0.29, 0.717) is 26.4 Å². The molecule has 0 aliphatic carbocycles. The van der Waals surface area contributed by atoms with Gasteiger partial charge in [-0.1, -0.05) is 12.1 Å². The number of guanidine groups is 1. The minimum Gasteiger partial charge on any atom is -0.493 e. The van der Waals surface area contributed by atoms with Gasteiger partial charge in [-0.05, 0) is 44.7 Å². The van der Waals surface area contributed by atoms with Crippen molar-refractivity contribution >= 4 is 29.9 Å². The number of ether oxygens (including phenoxy) is 4. The van der Waals surface area contributed by atoms with Gasteiger partial charge in [0.15, 0.2) is 5.96 Å². The Balaban J connectivity index is 0.00000480. The number of nitrogens with zero attached hydrogens (tertiary/aromatic N) is 1. The Hall–Kier alpha value is -1.10. The normalized spacial score (nSPS) is 16.1. The van der Waals surface area contributed by atoms with Crippen LogP contribution in [0.1, 0.15) is 43.7 Å². The second kappa shape index (κ2) is 17.5. The van der Waals surface area contributed by atoms with Gasteiger partial charge in [0.2, 0.25) is 0 Å². The van der Waals surface area contributed by atoms with Gasteiger partial charge in [0.1, 0.15) is 5.75 Å². The first-order chi connectivity index (χ1) is 14.7. The van der Waals surface area contributed by atoms with E-state index in [4.69, 9.17) is 23.9 Å². The van der Waals surface area contributed by atoms with E-state index in [0.717, 1.165) is 69.3 Å². The van der Waals surface area contributed by atoms with E-state index >= 15 is 0 Å². The van der Waals surface area contributed by atoms with Crippen LogP contribution < -0.4 is 15.4 Å². The molecule has 1 aromatic carbocycles. The summed E-state index contributed by atoms with van der Waals surface area (Å²) < 4.78 is 22.3. The Morgan fingerprint density at radius 2 is 2.06 bits per heavy atom. The highest BCUT2D eigenvalue weighted by molar-refractivity contribution is 14.0. The number of aliphatic imine (C=N–C) groups is 1. The van der Waals surface area contributed by atoms with Gasteiger partial charge in [-0.3, -0.25) is 0 Å². The lowest BCUT2D eigenvalue weighted by molar-refractivity contribution is 0.0168. The minimum atomic E-state index is 0. The zero-order valence-electron chi connectivity index (χ0n) is 19.3. The molecule has 8 heteroatoms. The first-order valence-electron chi connectivity index (χ1n) is 11.2. The number of rotatable bonds is 14. The average molecular weight is 549 g/mol. The predicted molar refractivity (Wildman–Crippen MR) is 136 cm³/mol. The van der Waals surface area contributed by atoms with Gasteiger partial charge in [-0.25, -0.2) is 4.99 Å². The fourth-order valence-electron chi connectivity index (χ4n) is 3.19. The average Bonchev–Trinajstić information content (AvgIpc) is 3.26. The van der Waals surface area contributed by atoms with Gasteiger partial charge >= 0.3 is 0 Å². The number of hydrogen-bond acceptors (Lipinski definition) is 5. The van der Waals surface area contributed by atoms with Crippen molar-refractivity contribution in [3.05, 3.63) is 29.3 Å². The van der Waals surface area contributed by atoms with Gasteiger partial charge in [-0.15, -0.1) is 24.0 Å². The third-order valence-electron chi connectivity index (χ3n) is 4.81. The van der Waals surface area contributed by atoms with E-state index in [-0.39, 0.29) is 30.1 Å². The number of benzene rings is 1. The molecule has 178 valence electrons. The summed E-state index contributed by atoms with van der Waals surface area (Å²) in [4.78, 5) is 4.73. The zero-order chi connectivity index (χ0) is 21.4. The molecule has 0 bridgehead atoms. The van der Waals surface area contributed by atoms with Gasteiger partial charge in [0.25, 0.3) is 0 Å². The summed E-state index contributed by atoms with van der Waals surface area (Å²) >= 11 is 0. The Morgan fingerprint density at radius 1 is 1.19 bits per heavy atom. The zero-order valence-corrected chi connectivity index (χ0v) is 21.6. The third-order valence-corrected chi connectivity index (χ3v) is 4.81. The number of methoxy groups -OCH3 is 1. The fourth-order valence-corrected chi connectivity index (χ4v) is 3.19. The van der Waals surface area contributed by atoms with E-state index in [2.05, 4.69) is 42.7 Å². The number of aryl methyl sites for hydroxylation is 1. The maximum Gasteiger partial charge on any atom is 0.191 e. The molecule has 0 saturated carbocycles. The van der Waals surface area contributed by atoms with E-state index in [1.54, 1.807) is 7.11 Å². The minimum absolute atomic E-state index is 0. The van der Waals surface area contributed by atoms with Crippen LogP contribution in [-0.4, -0.2) is 65.3 Å². The highest BCUT2D eigenvalue weighted by Crippen LogP contribution is 2.21. The second-order valence-corrected chi connectivity index (χ2v) is 7.49. The Morgan fingerprint density at radius 3 is 2.81 bits per heavy atom. The molecule has 1 fully saturated rings. The van der Waals surface area contributed by atoms with Gasteiger partial charge in [0.05, 0.1) is 25.9 Å². The molecule has 1 atom stereocenters. The Labute approximate surface area is 204 Å². The highest BCUT2D eigenvalue weighted by Gasteiger charge is 2.14. The van der Waals surface area contributed by atoms with Crippen LogP contribution in [0.5, 0.6) is 5.75 Å². The van der Waals surface area contributed by atoms with E-state index in [9.17, 15) is 0 Å². The molecule has 2 rings (SSSR count). The summed E-state index contributed by atoms with van der Waals surface area (Å²) in [5.74, 6) is 1.70. The molecular weight excluding hydrogens is 509 g/mol. The molecule has 7 nitrogen and oxygen atoms in total. The van der Waals surface area contributed by atoms with E-state index in [1.165, 1.54) is 5.56 Å². The molecule has 0 spiro atoms. The van der Waals surface area contributed by atoms with Crippen LogP contribution in [0.4, 0.5) is 0 Å². The van der Waals surface area contributed by atoms with Crippen molar-refractivity contribution in [3.8, 4) is 5.75 Å². The molecule has 1 heterocycles. The van der Waals surface area contributed by atoms with Crippen molar-refractivity contribution < 1.29 is 18.9 Å². The highest BCUT2D eigenvalue weighted by atomic mass is 127. The lowest BCUT2D eigenvalue weighted by Crippen LogP contribution is -2.38. The van der Waals surface area contributed by atoms with Crippen molar-refractivity contribution in [1.29, 1.82) is 0 Å². The van der Waals surface area contributed by atoms with E-state index < -0.39 is 0 Å². The Bertz CT molecular complexity index is 625.